The van der Waals surface area contributed by atoms with E-state index in [4.69, 9.17) is 4.74 Å². The number of ether oxygens (including phenoxy) is 2. The van der Waals surface area contributed by atoms with Gasteiger partial charge in [0.1, 0.15) is 5.75 Å². The molecule has 2 N–H and O–H groups in total. The molecule has 0 radical (unpaired) electrons. The van der Waals surface area contributed by atoms with E-state index in [9.17, 15) is 9.59 Å². The maximum atomic E-state index is 11.6. The van der Waals surface area contributed by atoms with Crippen LogP contribution in [-0.2, 0) is 9.53 Å². The molecule has 0 bridgehead atoms. The molecule has 0 fully saturated rings. The zero-order chi connectivity index (χ0) is 14.1. The Hall–Kier alpha value is -2.24. The summed E-state index contributed by atoms with van der Waals surface area (Å²) in [5.74, 6) is 0.239. The summed E-state index contributed by atoms with van der Waals surface area (Å²) >= 11 is 0. The topological polar surface area (TPSA) is 76.7 Å². The van der Waals surface area contributed by atoms with E-state index in [0.717, 1.165) is 0 Å². The smallest absolute Gasteiger partial charge is 0.319 e. The minimum atomic E-state index is -0.393. The molecular formula is C13H18N2O4. The highest BCUT2D eigenvalue weighted by Crippen LogP contribution is 2.23. The Morgan fingerprint density at radius 1 is 1.26 bits per heavy atom. The predicted molar refractivity (Wildman–Crippen MR) is 71.3 cm³/mol. The van der Waals surface area contributed by atoms with Crippen molar-refractivity contribution in [1.82, 2.24) is 5.32 Å². The maximum Gasteiger partial charge on any atom is 0.319 e. The van der Waals surface area contributed by atoms with Crippen molar-refractivity contribution in [1.29, 1.82) is 0 Å². The fraction of sp³-hybridized carbons (Fsp3) is 0.385. The summed E-state index contributed by atoms with van der Waals surface area (Å²) in [6.07, 6.45) is 0.136. The van der Waals surface area contributed by atoms with Crippen LogP contribution in [0, 0.1) is 0 Å². The number of nitrogens with one attached hydrogen (secondary N) is 2. The lowest BCUT2D eigenvalue weighted by Gasteiger charge is -2.11. The third-order valence-electron chi connectivity index (χ3n) is 2.28. The molecule has 0 aromatic heterocycles. The summed E-state index contributed by atoms with van der Waals surface area (Å²) < 4.78 is 9.85. The maximum absolute atomic E-state index is 11.6. The van der Waals surface area contributed by atoms with Crippen molar-refractivity contribution in [3.8, 4) is 5.75 Å². The zero-order valence-corrected chi connectivity index (χ0v) is 11.1. The summed E-state index contributed by atoms with van der Waals surface area (Å²) in [4.78, 5) is 22.5. The minimum Gasteiger partial charge on any atom is -0.492 e. The van der Waals surface area contributed by atoms with Crippen LogP contribution in [0.3, 0.4) is 0 Å². The monoisotopic (exact) mass is 266 g/mol. The number of carbonyl (C=O) groups excluding carboxylic acids is 2. The highest BCUT2D eigenvalue weighted by molar-refractivity contribution is 5.91. The number of anilines is 1. The van der Waals surface area contributed by atoms with Crippen molar-refractivity contribution < 1.29 is 19.1 Å². The lowest BCUT2D eigenvalue weighted by Crippen LogP contribution is -2.30. The average molecular weight is 266 g/mol. The zero-order valence-electron chi connectivity index (χ0n) is 11.1. The molecule has 19 heavy (non-hydrogen) atoms. The van der Waals surface area contributed by atoms with Crippen molar-refractivity contribution >= 4 is 17.7 Å². The second kappa shape index (κ2) is 7.97. The molecule has 0 spiro atoms. The van der Waals surface area contributed by atoms with E-state index in [1.165, 1.54) is 7.11 Å². The third kappa shape index (κ3) is 5.29. The van der Waals surface area contributed by atoms with E-state index < -0.39 is 6.03 Å². The van der Waals surface area contributed by atoms with Crippen molar-refractivity contribution in [2.24, 2.45) is 0 Å². The normalized spacial score (nSPS) is 9.58. The van der Waals surface area contributed by atoms with Gasteiger partial charge in [0.25, 0.3) is 0 Å². The van der Waals surface area contributed by atoms with E-state index in [1.54, 1.807) is 18.2 Å². The van der Waals surface area contributed by atoms with Gasteiger partial charge in [-0.15, -0.1) is 0 Å². The lowest BCUT2D eigenvalue weighted by molar-refractivity contribution is -0.140. The Morgan fingerprint density at radius 2 is 2.00 bits per heavy atom. The van der Waals surface area contributed by atoms with Crippen LogP contribution in [0.15, 0.2) is 24.3 Å². The summed E-state index contributed by atoms with van der Waals surface area (Å²) in [7, 11) is 1.31. The summed E-state index contributed by atoms with van der Waals surface area (Å²) in [6, 6.07) is 6.74. The van der Waals surface area contributed by atoms with Crippen LogP contribution < -0.4 is 15.4 Å². The second-order valence-corrected chi connectivity index (χ2v) is 3.64. The SMILES string of the molecule is CCOc1ccccc1NC(=O)NCCC(=O)OC. The van der Waals surface area contributed by atoms with Gasteiger partial charge in [0.05, 0.1) is 25.8 Å². The second-order valence-electron chi connectivity index (χ2n) is 3.64. The Balaban J connectivity index is 2.45. The first kappa shape index (κ1) is 14.8. The van der Waals surface area contributed by atoms with Crippen molar-refractivity contribution in [3.05, 3.63) is 24.3 Å². The number of urea groups is 1. The number of esters is 1. The van der Waals surface area contributed by atoms with Gasteiger partial charge in [-0.3, -0.25) is 4.79 Å². The molecule has 6 nitrogen and oxygen atoms in total. The molecular weight excluding hydrogens is 248 g/mol. The van der Waals surface area contributed by atoms with E-state index in [0.29, 0.717) is 18.0 Å². The molecule has 0 atom stereocenters. The number of methoxy groups -OCH3 is 1. The number of para-hydroxylation sites is 2. The van der Waals surface area contributed by atoms with Crippen LogP contribution in [0.1, 0.15) is 13.3 Å². The van der Waals surface area contributed by atoms with Gasteiger partial charge in [-0.25, -0.2) is 4.79 Å². The largest absolute Gasteiger partial charge is 0.492 e. The molecule has 1 aromatic carbocycles. The van der Waals surface area contributed by atoms with E-state index in [-0.39, 0.29) is 18.9 Å². The van der Waals surface area contributed by atoms with Gasteiger partial charge in [-0.05, 0) is 19.1 Å². The molecule has 0 saturated carbocycles. The Bertz CT molecular complexity index is 434. The number of benzene rings is 1. The van der Waals surface area contributed by atoms with Crippen LogP contribution in [0.5, 0.6) is 5.75 Å². The van der Waals surface area contributed by atoms with Gasteiger partial charge in [-0.2, -0.15) is 0 Å². The number of carbonyl (C=O) groups is 2. The molecule has 2 amide bonds. The van der Waals surface area contributed by atoms with E-state index >= 15 is 0 Å². The number of hydrogen-bond acceptors (Lipinski definition) is 4. The van der Waals surface area contributed by atoms with Gasteiger partial charge in [-0.1, -0.05) is 12.1 Å². The van der Waals surface area contributed by atoms with Gasteiger partial charge >= 0.3 is 12.0 Å². The lowest BCUT2D eigenvalue weighted by atomic mass is 10.3. The Morgan fingerprint density at radius 3 is 2.68 bits per heavy atom. The standard InChI is InChI=1S/C13H18N2O4/c1-3-19-11-7-5-4-6-10(11)15-13(17)14-9-8-12(16)18-2/h4-7H,3,8-9H2,1-2H3,(H2,14,15,17). The van der Waals surface area contributed by atoms with Crippen molar-refractivity contribution in [2.45, 2.75) is 13.3 Å². The average Bonchev–Trinajstić information content (AvgIpc) is 2.41. The van der Waals surface area contributed by atoms with Crippen LogP contribution in [-0.4, -0.2) is 32.3 Å². The van der Waals surface area contributed by atoms with E-state index in [1.807, 2.05) is 13.0 Å². The number of hydrogen-bond donors (Lipinski definition) is 2. The van der Waals surface area contributed by atoms with Gasteiger partial charge < -0.3 is 20.1 Å². The Labute approximate surface area is 112 Å². The molecule has 0 aliphatic heterocycles. The molecule has 0 unspecified atom stereocenters. The van der Waals surface area contributed by atoms with Gasteiger partial charge in [0.15, 0.2) is 0 Å². The highest BCUT2D eigenvalue weighted by Gasteiger charge is 2.07. The molecule has 6 heteroatoms. The van der Waals surface area contributed by atoms with Crippen molar-refractivity contribution in [3.63, 3.8) is 0 Å². The molecule has 0 saturated heterocycles. The third-order valence-corrected chi connectivity index (χ3v) is 2.28. The summed E-state index contributed by atoms with van der Waals surface area (Å²) in [6.45, 7) is 2.60. The highest BCUT2D eigenvalue weighted by atomic mass is 16.5. The van der Waals surface area contributed by atoms with Gasteiger partial charge in [0, 0.05) is 6.54 Å². The van der Waals surface area contributed by atoms with Crippen LogP contribution in [0.4, 0.5) is 10.5 Å². The number of rotatable bonds is 6. The Kier molecular flexibility index (Phi) is 6.21. The first-order valence-electron chi connectivity index (χ1n) is 6.00. The quantitative estimate of drug-likeness (QED) is 0.769. The van der Waals surface area contributed by atoms with Crippen LogP contribution in [0.25, 0.3) is 0 Å². The molecule has 104 valence electrons. The first-order chi connectivity index (χ1) is 9.17. The summed E-state index contributed by atoms with van der Waals surface area (Å²) in [5.41, 5.74) is 0.583. The van der Waals surface area contributed by atoms with Crippen molar-refractivity contribution in [2.75, 3.05) is 25.6 Å². The molecule has 1 rings (SSSR count). The fourth-order valence-electron chi connectivity index (χ4n) is 1.40. The molecule has 0 heterocycles. The van der Waals surface area contributed by atoms with Crippen LogP contribution >= 0.6 is 0 Å². The summed E-state index contributed by atoms with van der Waals surface area (Å²) in [5, 5.41) is 5.22. The minimum absolute atomic E-state index is 0.136. The predicted octanol–water partition coefficient (Wildman–Crippen LogP) is 1.77. The molecule has 0 aliphatic rings. The van der Waals surface area contributed by atoms with E-state index in [2.05, 4.69) is 15.4 Å². The fourth-order valence-corrected chi connectivity index (χ4v) is 1.40. The van der Waals surface area contributed by atoms with Crippen LogP contribution in [0.2, 0.25) is 0 Å². The number of amides is 2. The van der Waals surface area contributed by atoms with Gasteiger partial charge in [0.2, 0.25) is 0 Å². The molecule has 1 aromatic rings. The molecule has 0 aliphatic carbocycles. The first-order valence-corrected chi connectivity index (χ1v) is 6.00.